The number of hydrogen-bond acceptors (Lipinski definition) is 3. The third kappa shape index (κ3) is 5.14. The molecule has 0 fully saturated rings. The zero-order valence-electron chi connectivity index (χ0n) is 16.6. The molecule has 1 aliphatic rings. The van der Waals surface area contributed by atoms with Crippen molar-refractivity contribution in [2.24, 2.45) is 0 Å². The molecular weight excluding hydrogens is 360 g/mol. The maximum atomic E-state index is 6.31. The van der Waals surface area contributed by atoms with Crippen LogP contribution in [0.1, 0.15) is 23.6 Å². The largest absolute Gasteiger partial charge is 0.487 e. The summed E-state index contributed by atoms with van der Waals surface area (Å²) in [6.07, 6.45) is 1.54. The van der Waals surface area contributed by atoms with Gasteiger partial charge in [0.25, 0.3) is 0 Å². The summed E-state index contributed by atoms with van der Waals surface area (Å²) in [4.78, 5) is 0. The summed E-state index contributed by atoms with van der Waals surface area (Å²) in [6.45, 7) is 3.10. The van der Waals surface area contributed by atoms with Crippen LogP contribution in [-0.2, 0) is 27.4 Å². The first-order valence-corrected chi connectivity index (χ1v) is 10.0. The van der Waals surface area contributed by atoms with Crippen LogP contribution >= 0.6 is 0 Å². The lowest BCUT2D eigenvalue weighted by atomic mass is 10.0. The standard InChI is InChI=1S/C26H26O3/c1-20-26(28-19-22-13-7-3-8-14-22)25(27-18-21-11-5-2-6-12-21)17-24(29-20)23-15-9-4-10-16-23/h2-17,20,25-26H,18-19H2,1H3/t20-,25+,26+/m0/s1. The number of rotatable bonds is 7. The SMILES string of the molecule is C[C@@H]1OC(c2ccccc2)=C[C@@H](OCc2ccccc2)[C@@H]1OCc1ccccc1. The van der Waals surface area contributed by atoms with Crippen molar-refractivity contribution >= 4 is 5.76 Å². The Kier molecular flexibility index (Phi) is 6.40. The predicted octanol–water partition coefficient (Wildman–Crippen LogP) is 5.62. The van der Waals surface area contributed by atoms with E-state index in [0.29, 0.717) is 13.2 Å². The van der Waals surface area contributed by atoms with Gasteiger partial charge < -0.3 is 14.2 Å². The zero-order valence-corrected chi connectivity index (χ0v) is 16.6. The minimum absolute atomic E-state index is 0.125. The van der Waals surface area contributed by atoms with Gasteiger partial charge in [-0.25, -0.2) is 0 Å². The molecule has 4 rings (SSSR count). The normalized spacial score (nSPS) is 21.3. The van der Waals surface area contributed by atoms with Crippen molar-refractivity contribution in [1.82, 2.24) is 0 Å². The molecule has 0 spiro atoms. The highest BCUT2D eigenvalue weighted by Crippen LogP contribution is 2.30. The monoisotopic (exact) mass is 386 g/mol. The van der Waals surface area contributed by atoms with Crippen molar-refractivity contribution in [1.29, 1.82) is 0 Å². The summed E-state index contributed by atoms with van der Waals surface area (Å²) < 4.78 is 18.8. The molecule has 148 valence electrons. The summed E-state index contributed by atoms with van der Waals surface area (Å²) in [5.41, 5.74) is 3.33. The molecule has 0 bridgehead atoms. The minimum atomic E-state index is -0.196. The topological polar surface area (TPSA) is 27.7 Å². The van der Waals surface area contributed by atoms with Gasteiger partial charge in [-0.1, -0.05) is 91.0 Å². The Balaban J connectivity index is 1.53. The van der Waals surface area contributed by atoms with Crippen molar-refractivity contribution in [3.63, 3.8) is 0 Å². The fraction of sp³-hybridized carbons (Fsp3) is 0.231. The summed E-state index contributed by atoms with van der Waals surface area (Å²) in [6, 6.07) is 30.6. The van der Waals surface area contributed by atoms with E-state index in [2.05, 4.69) is 36.4 Å². The molecule has 3 aromatic rings. The van der Waals surface area contributed by atoms with Crippen molar-refractivity contribution in [3.05, 3.63) is 114 Å². The molecule has 0 amide bonds. The second kappa shape index (κ2) is 9.55. The Morgan fingerprint density at radius 2 is 1.21 bits per heavy atom. The van der Waals surface area contributed by atoms with Crippen LogP contribution in [0.2, 0.25) is 0 Å². The molecule has 3 nitrogen and oxygen atoms in total. The van der Waals surface area contributed by atoms with Gasteiger partial charge in [-0.3, -0.25) is 0 Å². The fourth-order valence-corrected chi connectivity index (χ4v) is 3.49. The molecule has 3 heteroatoms. The molecule has 3 aromatic carbocycles. The Labute approximate surface area is 172 Å². The van der Waals surface area contributed by atoms with Gasteiger partial charge in [0.1, 0.15) is 24.1 Å². The summed E-state index contributed by atoms with van der Waals surface area (Å²) in [5.74, 6) is 0.843. The third-order valence-corrected chi connectivity index (χ3v) is 5.04. The highest BCUT2D eigenvalue weighted by molar-refractivity contribution is 5.61. The zero-order chi connectivity index (χ0) is 19.9. The first-order valence-electron chi connectivity index (χ1n) is 10.0. The van der Waals surface area contributed by atoms with Crippen LogP contribution in [0.4, 0.5) is 0 Å². The van der Waals surface area contributed by atoms with E-state index in [4.69, 9.17) is 14.2 Å². The highest BCUT2D eigenvalue weighted by atomic mass is 16.6. The molecule has 0 radical (unpaired) electrons. The maximum Gasteiger partial charge on any atom is 0.125 e. The third-order valence-electron chi connectivity index (χ3n) is 5.04. The predicted molar refractivity (Wildman–Crippen MR) is 115 cm³/mol. The van der Waals surface area contributed by atoms with E-state index in [1.54, 1.807) is 0 Å². The van der Waals surface area contributed by atoms with Crippen LogP contribution in [0.25, 0.3) is 5.76 Å². The molecule has 1 aliphatic heterocycles. The fourth-order valence-electron chi connectivity index (χ4n) is 3.49. The van der Waals surface area contributed by atoms with Crippen LogP contribution in [0.5, 0.6) is 0 Å². The maximum absolute atomic E-state index is 6.31. The van der Waals surface area contributed by atoms with Gasteiger partial charge in [-0.05, 0) is 24.1 Å². The molecule has 0 aliphatic carbocycles. The lowest BCUT2D eigenvalue weighted by Gasteiger charge is -2.35. The summed E-state index contributed by atoms with van der Waals surface area (Å²) in [7, 11) is 0. The Morgan fingerprint density at radius 3 is 1.79 bits per heavy atom. The second-order valence-electron chi connectivity index (χ2n) is 7.24. The van der Waals surface area contributed by atoms with E-state index in [9.17, 15) is 0 Å². The van der Waals surface area contributed by atoms with Crippen LogP contribution < -0.4 is 0 Å². The quantitative estimate of drug-likeness (QED) is 0.528. The van der Waals surface area contributed by atoms with Crippen LogP contribution in [0.3, 0.4) is 0 Å². The van der Waals surface area contributed by atoms with Crippen molar-refractivity contribution in [3.8, 4) is 0 Å². The lowest BCUT2D eigenvalue weighted by Crippen LogP contribution is -2.43. The van der Waals surface area contributed by atoms with Gasteiger partial charge in [0.2, 0.25) is 0 Å². The van der Waals surface area contributed by atoms with Crippen molar-refractivity contribution in [2.75, 3.05) is 0 Å². The molecular formula is C26H26O3. The molecule has 29 heavy (non-hydrogen) atoms. The number of hydrogen-bond donors (Lipinski definition) is 0. The molecule has 0 unspecified atom stereocenters. The highest BCUT2D eigenvalue weighted by Gasteiger charge is 2.34. The lowest BCUT2D eigenvalue weighted by molar-refractivity contribution is -0.119. The minimum Gasteiger partial charge on any atom is -0.487 e. The van der Waals surface area contributed by atoms with Gasteiger partial charge in [-0.15, -0.1) is 0 Å². The molecule has 0 N–H and O–H groups in total. The average Bonchev–Trinajstić information content (AvgIpc) is 2.79. The molecule has 0 saturated carbocycles. The second-order valence-corrected chi connectivity index (χ2v) is 7.24. The van der Waals surface area contributed by atoms with Gasteiger partial charge in [0.15, 0.2) is 0 Å². The molecule has 1 heterocycles. The van der Waals surface area contributed by atoms with E-state index in [1.807, 2.05) is 67.6 Å². The van der Waals surface area contributed by atoms with Gasteiger partial charge in [0.05, 0.1) is 13.2 Å². The van der Waals surface area contributed by atoms with Gasteiger partial charge in [0, 0.05) is 5.56 Å². The van der Waals surface area contributed by atoms with E-state index >= 15 is 0 Å². The van der Waals surface area contributed by atoms with E-state index in [1.165, 1.54) is 0 Å². The van der Waals surface area contributed by atoms with Crippen LogP contribution in [0, 0.1) is 0 Å². The Bertz CT molecular complexity index is 906. The van der Waals surface area contributed by atoms with Gasteiger partial charge in [-0.2, -0.15) is 0 Å². The van der Waals surface area contributed by atoms with E-state index < -0.39 is 0 Å². The first-order chi connectivity index (χ1) is 14.3. The van der Waals surface area contributed by atoms with Crippen LogP contribution in [0.15, 0.2) is 97.1 Å². The van der Waals surface area contributed by atoms with Crippen LogP contribution in [-0.4, -0.2) is 18.3 Å². The molecule has 3 atom stereocenters. The van der Waals surface area contributed by atoms with Crippen molar-refractivity contribution < 1.29 is 14.2 Å². The number of benzene rings is 3. The van der Waals surface area contributed by atoms with E-state index in [0.717, 1.165) is 22.4 Å². The summed E-state index contributed by atoms with van der Waals surface area (Å²) >= 11 is 0. The summed E-state index contributed by atoms with van der Waals surface area (Å²) in [5, 5.41) is 0. The molecule has 0 aromatic heterocycles. The average molecular weight is 386 g/mol. The molecule has 0 saturated heterocycles. The van der Waals surface area contributed by atoms with E-state index in [-0.39, 0.29) is 18.3 Å². The Morgan fingerprint density at radius 1 is 0.690 bits per heavy atom. The first kappa shape index (κ1) is 19.4. The number of ether oxygens (including phenoxy) is 3. The smallest absolute Gasteiger partial charge is 0.125 e. The van der Waals surface area contributed by atoms with Crippen molar-refractivity contribution in [2.45, 2.75) is 38.4 Å². The van der Waals surface area contributed by atoms with Gasteiger partial charge >= 0.3 is 0 Å². The Hall–Kier alpha value is -2.88.